The van der Waals surface area contributed by atoms with Gasteiger partial charge in [-0.3, -0.25) is 4.79 Å². The summed E-state index contributed by atoms with van der Waals surface area (Å²) in [6.07, 6.45) is 4.94. The smallest absolute Gasteiger partial charge is 0.257 e. The third-order valence-corrected chi connectivity index (χ3v) is 5.54. The molecule has 2 heterocycles. The summed E-state index contributed by atoms with van der Waals surface area (Å²) in [5.41, 5.74) is 0.599. The van der Waals surface area contributed by atoms with Crippen LogP contribution in [-0.4, -0.2) is 28.9 Å². The predicted molar refractivity (Wildman–Crippen MR) is 83.8 cm³/mol. The number of fused-ring (bicyclic) bond motifs is 5. The number of nitriles is 1. The molecule has 0 radical (unpaired) electrons. The summed E-state index contributed by atoms with van der Waals surface area (Å²) >= 11 is 12.0. The standard InChI is InChI=1S/C15H12Cl2N4O/c16-11-4-3-10(6-12(11)17)21-14(22)13-8-1-2-9(5-8)20(13)15(21)19-7-18/h3-4,6,8-9,13H,1-2,5H2/b19-15-/t8?,9?,13-/m0/s1. The molecule has 3 fully saturated rings. The van der Waals surface area contributed by atoms with Crippen LogP contribution < -0.4 is 4.90 Å². The number of aliphatic imine (C=N–C) groups is 1. The maximum atomic E-state index is 12.9. The lowest BCUT2D eigenvalue weighted by Gasteiger charge is -2.28. The number of nitrogens with zero attached hydrogens (tertiary/aromatic N) is 4. The Morgan fingerprint density at radius 1 is 1.27 bits per heavy atom. The van der Waals surface area contributed by atoms with Crippen LogP contribution in [0.15, 0.2) is 23.2 Å². The van der Waals surface area contributed by atoms with Gasteiger partial charge in [0.05, 0.1) is 15.7 Å². The Balaban J connectivity index is 1.81. The van der Waals surface area contributed by atoms with Crippen molar-refractivity contribution >= 4 is 40.8 Å². The first-order valence-electron chi connectivity index (χ1n) is 7.16. The molecule has 1 aliphatic carbocycles. The number of anilines is 1. The van der Waals surface area contributed by atoms with Gasteiger partial charge in [-0.2, -0.15) is 5.26 Å². The highest BCUT2D eigenvalue weighted by atomic mass is 35.5. The maximum absolute atomic E-state index is 12.9. The van der Waals surface area contributed by atoms with Gasteiger partial charge in [0.1, 0.15) is 6.04 Å². The molecule has 2 bridgehead atoms. The number of halogens is 2. The van der Waals surface area contributed by atoms with Gasteiger partial charge in [0.25, 0.3) is 5.91 Å². The lowest BCUT2D eigenvalue weighted by Crippen LogP contribution is -2.41. The average molecular weight is 335 g/mol. The van der Waals surface area contributed by atoms with Crippen molar-refractivity contribution in [2.75, 3.05) is 4.90 Å². The molecule has 7 heteroatoms. The Morgan fingerprint density at radius 3 is 2.82 bits per heavy atom. The number of amides is 1. The Morgan fingerprint density at radius 2 is 2.09 bits per heavy atom. The Bertz CT molecular complexity index is 742. The fourth-order valence-corrected chi connectivity index (χ4v) is 4.25. The van der Waals surface area contributed by atoms with E-state index in [2.05, 4.69) is 4.99 Å². The molecule has 1 amide bonds. The first-order chi connectivity index (χ1) is 10.6. The van der Waals surface area contributed by atoms with E-state index in [4.69, 9.17) is 28.5 Å². The van der Waals surface area contributed by atoms with E-state index in [1.54, 1.807) is 18.2 Å². The molecule has 22 heavy (non-hydrogen) atoms. The van der Waals surface area contributed by atoms with Crippen molar-refractivity contribution in [3.8, 4) is 6.19 Å². The van der Waals surface area contributed by atoms with Crippen LogP contribution in [0.1, 0.15) is 19.3 Å². The zero-order valence-electron chi connectivity index (χ0n) is 11.5. The minimum Gasteiger partial charge on any atom is -0.326 e. The van der Waals surface area contributed by atoms with Crippen LogP contribution >= 0.6 is 23.2 Å². The normalized spacial score (nSPS) is 31.0. The first-order valence-corrected chi connectivity index (χ1v) is 7.91. The van der Waals surface area contributed by atoms with E-state index >= 15 is 0 Å². The van der Waals surface area contributed by atoms with Gasteiger partial charge in [0.15, 0.2) is 0 Å². The molecule has 112 valence electrons. The molecule has 0 aromatic heterocycles. The van der Waals surface area contributed by atoms with Gasteiger partial charge in [-0.1, -0.05) is 23.2 Å². The summed E-state index contributed by atoms with van der Waals surface area (Å²) in [6, 6.07) is 5.12. The van der Waals surface area contributed by atoms with Crippen molar-refractivity contribution in [3.63, 3.8) is 0 Å². The van der Waals surface area contributed by atoms with E-state index < -0.39 is 0 Å². The summed E-state index contributed by atoms with van der Waals surface area (Å²) in [6.45, 7) is 0. The SMILES string of the molecule is N#C/N=C1\N(c2ccc(Cl)c(Cl)c2)C(=O)[C@@H]2C3CCC(C3)N12. The van der Waals surface area contributed by atoms with Crippen LogP contribution in [0.5, 0.6) is 0 Å². The number of carbonyl (C=O) groups excluding carboxylic acids is 1. The van der Waals surface area contributed by atoms with E-state index in [-0.39, 0.29) is 11.9 Å². The highest BCUT2D eigenvalue weighted by Crippen LogP contribution is 2.47. The van der Waals surface area contributed by atoms with Crippen molar-refractivity contribution in [1.82, 2.24) is 4.90 Å². The molecular formula is C15H12Cl2N4O. The fourth-order valence-electron chi connectivity index (χ4n) is 3.96. The van der Waals surface area contributed by atoms with E-state index in [9.17, 15) is 4.79 Å². The number of hydrogen-bond donors (Lipinski definition) is 0. The third-order valence-electron chi connectivity index (χ3n) is 4.80. The molecule has 1 aromatic rings. The summed E-state index contributed by atoms with van der Waals surface area (Å²) in [5, 5.41) is 9.82. The van der Waals surface area contributed by atoms with Crippen LogP contribution in [0.25, 0.3) is 0 Å². The monoisotopic (exact) mass is 334 g/mol. The van der Waals surface area contributed by atoms with Crippen molar-refractivity contribution in [1.29, 1.82) is 5.26 Å². The highest BCUT2D eigenvalue weighted by Gasteiger charge is 2.58. The zero-order valence-corrected chi connectivity index (χ0v) is 13.1. The van der Waals surface area contributed by atoms with Gasteiger partial charge < -0.3 is 4.90 Å². The van der Waals surface area contributed by atoms with Gasteiger partial charge >= 0.3 is 0 Å². The number of carbonyl (C=O) groups is 1. The summed E-state index contributed by atoms with van der Waals surface area (Å²) < 4.78 is 0. The number of benzene rings is 1. The highest BCUT2D eigenvalue weighted by molar-refractivity contribution is 6.42. The van der Waals surface area contributed by atoms with Gasteiger partial charge in [0.2, 0.25) is 12.2 Å². The molecular weight excluding hydrogens is 323 g/mol. The van der Waals surface area contributed by atoms with Gasteiger partial charge in [0, 0.05) is 6.04 Å². The largest absolute Gasteiger partial charge is 0.326 e. The van der Waals surface area contributed by atoms with Crippen LogP contribution in [0, 0.1) is 17.4 Å². The van der Waals surface area contributed by atoms with E-state index in [0.717, 1.165) is 19.3 Å². The number of hydrogen-bond acceptors (Lipinski definition) is 3. The molecule has 1 aromatic carbocycles. The minimum absolute atomic E-state index is 0.0282. The molecule has 3 atom stereocenters. The second kappa shape index (κ2) is 4.87. The van der Waals surface area contributed by atoms with Gasteiger partial charge in [-0.05, 0) is 43.4 Å². The Kier molecular flexibility index (Phi) is 3.07. The number of guanidine groups is 1. The van der Waals surface area contributed by atoms with Gasteiger partial charge in [-0.15, -0.1) is 4.99 Å². The summed E-state index contributed by atoms with van der Waals surface area (Å²) in [4.78, 5) is 20.3. The molecule has 2 aliphatic heterocycles. The minimum atomic E-state index is -0.194. The van der Waals surface area contributed by atoms with Crippen LogP contribution in [0.3, 0.4) is 0 Å². The molecule has 0 spiro atoms. The molecule has 4 rings (SSSR count). The van der Waals surface area contributed by atoms with Crippen LogP contribution in [0.2, 0.25) is 10.0 Å². The molecule has 2 unspecified atom stereocenters. The van der Waals surface area contributed by atoms with Gasteiger partial charge in [-0.25, -0.2) is 4.90 Å². The fraction of sp³-hybridized carbons (Fsp3) is 0.400. The maximum Gasteiger partial charge on any atom is 0.257 e. The lowest BCUT2D eigenvalue weighted by atomic mass is 9.99. The zero-order chi connectivity index (χ0) is 15.4. The van der Waals surface area contributed by atoms with Crippen molar-refractivity contribution in [2.24, 2.45) is 10.9 Å². The lowest BCUT2D eigenvalue weighted by molar-refractivity contribution is -0.120. The first kappa shape index (κ1) is 13.9. The Labute approximate surface area is 137 Å². The second-order valence-corrected chi connectivity index (χ2v) is 6.68. The van der Waals surface area contributed by atoms with E-state index in [0.29, 0.717) is 33.7 Å². The Hall–Kier alpha value is -1.77. The van der Waals surface area contributed by atoms with Crippen molar-refractivity contribution < 1.29 is 4.79 Å². The number of rotatable bonds is 1. The quantitative estimate of drug-likeness (QED) is 0.741. The summed E-state index contributed by atoms with van der Waals surface area (Å²) in [7, 11) is 0. The van der Waals surface area contributed by atoms with Crippen LogP contribution in [-0.2, 0) is 4.79 Å². The molecule has 0 N–H and O–H groups in total. The average Bonchev–Trinajstić information content (AvgIpc) is 3.16. The predicted octanol–water partition coefficient (Wildman–Crippen LogP) is 3.03. The molecule has 1 saturated carbocycles. The van der Waals surface area contributed by atoms with E-state index in [1.807, 2.05) is 11.1 Å². The van der Waals surface area contributed by atoms with Crippen molar-refractivity contribution in [3.05, 3.63) is 28.2 Å². The topological polar surface area (TPSA) is 59.7 Å². The number of piperidine rings is 1. The molecule has 2 saturated heterocycles. The second-order valence-electron chi connectivity index (χ2n) is 5.86. The third kappa shape index (κ3) is 1.77. The van der Waals surface area contributed by atoms with Crippen LogP contribution in [0.4, 0.5) is 5.69 Å². The molecule has 3 aliphatic rings. The van der Waals surface area contributed by atoms with E-state index in [1.165, 1.54) is 4.90 Å². The van der Waals surface area contributed by atoms with Crippen molar-refractivity contribution in [2.45, 2.75) is 31.3 Å². The summed E-state index contributed by atoms with van der Waals surface area (Å²) in [5.74, 6) is 0.747. The molecule has 5 nitrogen and oxygen atoms in total.